The molecule has 7 heteroatoms. The monoisotopic (exact) mass is 218 g/mol. The second-order valence-corrected chi connectivity index (χ2v) is 2.65. The van der Waals surface area contributed by atoms with Gasteiger partial charge in [-0.25, -0.2) is 23.5 Å². The summed E-state index contributed by atoms with van der Waals surface area (Å²) in [6.07, 6.45) is -1.61. The van der Waals surface area contributed by atoms with Crippen LogP contribution in [0.1, 0.15) is 16.2 Å². The molecule has 0 aromatic carbocycles. The number of carbonyl (C=O) groups is 1. The van der Waals surface area contributed by atoms with Crippen LogP contribution in [0.15, 0.2) is 6.20 Å². The number of nitrogens with zero attached hydrogens (tertiary/aromatic N) is 2. The van der Waals surface area contributed by atoms with Crippen LogP contribution in [0, 0.1) is 6.92 Å². The molecule has 0 amide bonds. The van der Waals surface area contributed by atoms with Gasteiger partial charge in [0.25, 0.3) is 6.43 Å². The Hall–Kier alpha value is -1.79. The van der Waals surface area contributed by atoms with Crippen molar-refractivity contribution in [2.24, 2.45) is 0 Å². The Morgan fingerprint density at radius 1 is 1.67 bits per heavy atom. The molecule has 0 aliphatic carbocycles. The van der Waals surface area contributed by atoms with E-state index in [9.17, 15) is 13.6 Å². The molecule has 0 aliphatic heterocycles. The zero-order chi connectivity index (χ0) is 11.4. The number of halogens is 2. The lowest BCUT2D eigenvalue weighted by molar-refractivity contribution is 0.0684. The molecule has 1 N–H and O–H groups in total. The third-order valence-electron chi connectivity index (χ3n) is 1.48. The molecule has 5 nitrogen and oxygen atoms in total. The van der Waals surface area contributed by atoms with E-state index in [1.807, 2.05) is 0 Å². The van der Waals surface area contributed by atoms with Gasteiger partial charge in [0.05, 0.1) is 11.9 Å². The Balaban J connectivity index is 2.78. The van der Waals surface area contributed by atoms with Crippen molar-refractivity contribution in [3.8, 4) is 5.88 Å². The molecule has 0 atom stereocenters. The molecule has 0 saturated heterocycles. The highest BCUT2D eigenvalue weighted by Gasteiger charge is 2.12. The molecule has 1 aromatic heterocycles. The zero-order valence-electron chi connectivity index (χ0n) is 7.78. The SMILES string of the molecule is Cc1nc(OCC(F)F)cnc1C(=O)O. The second kappa shape index (κ2) is 4.63. The largest absolute Gasteiger partial charge is 0.476 e. The maximum absolute atomic E-state index is 11.8. The van der Waals surface area contributed by atoms with Crippen LogP contribution in [0.4, 0.5) is 8.78 Å². The van der Waals surface area contributed by atoms with Gasteiger partial charge >= 0.3 is 5.97 Å². The fourth-order valence-electron chi connectivity index (χ4n) is 0.888. The van der Waals surface area contributed by atoms with Crippen molar-refractivity contribution in [3.05, 3.63) is 17.6 Å². The van der Waals surface area contributed by atoms with Crippen molar-refractivity contribution < 1.29 is 23.4 Å². The summed E-state index contributed by atoms with van der Waals surface area (Å²) in [6, 6.07) is 0. The molecule has 0 radical (unpaired) electrons. The smallest absolute Gasteiger partial charge is 0.356 e. The van der Waals surface area contributed by atoms with E-state index in [1.165, 1.54) is 6.92 Å². The molecule has 82 valence electrons. The number of ether oxygens (including phenoxy) is 1. The van der Waals surface area contributed by atoms with Gasteiger partial charge in [-0.1, -0.05) is 0 Å². The number of aromatic nitrogens is 2. The summed E-state index contributed by atoms with van der Waals surface area (Å²) in [5.74, 6) is -1.33. The van der Waals surface area contributed by atoms with E-state index in [-0.39, 0.29) is 17.3 Å². The van der Waals surface area contributed by atoms with Crippen LogP contribution >= 0.6 is 0 Å². The predicted molar refractivity (Wildman–Crippen MR) is 45.2 cm³/mol. The van der Waals surface area contributed by atoms with E-state index in [1.54, 1.807) is 0 Å². The summed E-state index contributed by atoms with van der Waals surface area (Å²) in [5.41, 5.74) is -0.103. The first kappa shape index (κ1) is 11.3. The van der Waals surface area contributed by atoms with Gasteiger partial charge < -0.3 is 9.84 Å². The first-order valence-electron chi connectivity index (χ1n) is 3.98. The van der Waals surface area contributed by atoms with E-state index in [0.29, 0.717) is 0 Å². The molecule has 15 heavy (non-hydrogen) atoms. The summed E-state index contributed by atoms with van der Waals surface area (Å²) in [4.78, 5) is 17.7. The number of aromatic carboxylic acids is 1. The van der Waals surface area contributed by atoms with Crippen LogP contribution in [-0.4, -0.2) is 34.1 Å². The van der Waals surface area contributed by atoms with Crippen molar-refractivity contribution in [3.63, 3.8) is 0 Å². The van der Waals surface area contributed by atoms with Crippen molar-refractivity contribution in [1.82, 2.24) is 9.97 Å². The number of alkyl halides is 2. The highest BCUT2D eigenvalue weighted by atomic mass is 19.3. The Kier molecular flexibility index (Phi) is 3.48. The van der Waals surface area contributed by atoms with Gasteiger partial charge in [0.1, 0.15) is 0 Å². The molecular formula is C8H8F2N2O3. The van der Waals surface area contributed by atoms with E-state index < -0.39 is 19.0 Å². The number of hydrogen-bond donors (Lipinski definition) is 1. The molecule has 0 spiro atoms. The van der Waals surface area contributed by atoms with E-state index in [0.717, 1.165) is 6.20 Å². The van der Waals surface area contributed by atoms with Gasteiger partial charge in [-0.15, -0.1) is 0 Å². The number of aryl methyl sites for hydroxylation is 1. The third-order valence-corrected chi connectivity index (χ3v) is 1.48. The summed E-state index contributed by atoms with van der Waals surface area (Å²) >= 11 is 0. The number of carboxylic acid groups (broad SMARTS) is 1. The fourth-order valence-corrected chi connectivity index (χ4v) is 0.888. The topological polar surface area (TPSA) is 72.3 Å². The minimum Gasteiger partial charge on any atom is -0.476 e. The van der Waals surface area contributed by atoms with Crippen LogP contribution in [0.3, 0.4) is 0 Å². The average molecular weight is 218 g/mol. The molecular weight excluding hydrogens is 210 g/mol. The van der Waals surface area contributed by atoms with Crippen LogP contribution in [-0.2, 0) is 0 Å². The minimum absolute atomic E-state index is 0.113. The van der Waals surface area contributed by atoms with E-state index >= 15 is 0 Å². The third kappa shape index (κ3) is 3.12. The quantitative estimate of drug-likeness (QED) is 0.819. The summed E-state index contributed by atoms with van der Waals surface area (Å²) in [6.45, 7) is 0.617. The summed E-state index contributed by atoms with van der Waals surface area (Å²) in [7, 11) is 0. The van der Waals surface area contributed by atoms with Crippen molar-refractivity contribution >= 4 is 5.97 Å². The van der Waals surface area contributed by atoms with E-state index in [2.05, 4.69) is 14.7 Å². The summed E-state index contributed by atoms with van der Waals surface area (Å²) in [5, 5.41) is 8.61. The Bertz CT molecular complexity index is 371. The predicted octanol–water partition coefficient (Wildman–Crippen LogP) is 1.13. The van der Waals surface area contributed by atoms with Crippen LogP contribution in [0.25, 0.3) is 0 Å². The van der Waals surface area contributed by atoms with Crippen molar-refractivity contribution in [2.75, 3.05) is 6.61 Å². The standard InChI is InChI=1S/C8H8F2N2O3/c1-4-7(8(13)14)11-2-6(12-4)15-3-5(9)10/h2,5H,3H2,1H3,(H,13,14). The van der Waals surface area contributed by atoms with Gasteiger partial charge in [-0.3, -0.25) is 0 Å². The van der Waals surface area contributed by atoms with Crippen LogP contribution in [0.2, 0.25) is 0 Å². The van der Waals surface area contributed by atoms with Gasteiger partial charge in [0.15, 0.2) is 12.3 Å². The summed E-state index contributed by atoms with van der Waals surface area (Å²) < 4.78 is 28.1. The first-order chi connectivity index (χ1) is 7.00. The van der Waals surface area contributed by atoms with Gasteiger partial charge in [0, 0.05) is 0 Å². The van der Waals surface area contributed by atoms with E-state index in [4.69, 9.17) is 5.11 Å². The van der Waals surface area contributed by atoms with Crippen LogP contribution < -0.4 is 4.74 Å². The van der Waals surface area contributed by atoms with Gasteiger partial charge in [-0.2, -0.15) is 0 Å². The molecule has 0 bridgehead atoms. The molecule has 0 aliphatic rings. The fraction of sp³-hybridized carbons (Fsp3) is 0.375. The minimum atomic E-state index is -2.61. The normalized spacial score (nSPS) is 10.4. The Morgan fingerprint density at radius 3 is 2.80 bits per heavy atom. The first-order valence-corrected chi connectivity index (χ1v) is 3.98. The van der Waals surface area contributed by atoms with Gasteiger partial charge in [-0.05, 0) is 6.92 Å². The Labute approximate surface area is 83.7 Å². The maximum atomic E-state index is 11.8. The van der Waals surface area contributed by atoms with Crippen molar-refractivity contribution in [1.29, 1.82) is 0 Å². The van der Waals surface area contributed by atoms with Gasteiger partial charge in [0.2, 0.25) is 5.88 Å². The van der Waals surface area contributed by atoms with Crippen molar-refractivity contribution in [2.45, 2.75) is 13.3 Å². The van der Waals surface area contributed by atoms with Crippen LogP contribution in [0.5, 0.6) is 5.88 Å². The lowest BCUT2D eigenvalue weighted by Crippen LogP contribution is -2.11. The number of hydrogen-bond acceptors (Lipinski definition) is 4. The molecule has 1 heterocycles. The maximum Gasteiger partial charge on any atom is 0.356 e. The number of carboxylic acids is 1. The molecule has 0 saturated carbocycles. The molecule has 1 aromatic rings. The highest BCUT2D eigenvalue weighted by Crippen LogP contribution is 2.09. The number of rotatable bonds is 4. The lowest BCUT2D eigenvalue weighted by Gasteiger charge is -2.05. The lowest BCUT2D eigenvalue weighted by atomic mass is 10.3. The molecule has 0 unspecified atom stereocenters. The highest BCUT2D eigenvalue weighted by molar-refractivity contribution is 5.86. The zero-order valence-corrected chi connectivity index (χ0v) is 7.78. The Morgan fingerprint density at radius 2 is 2.33 bits per heavy atom. The molecule has 1 rings (SSSR count). The average Bonchev–Trinajstić information content (AvgIpc) is 2.14. The molecule has 0 fully saturated rings. The second-order valence-electron chi connectivity index (χ2n) is 2.65.